The van der Waals surface area contributed by atoms with Crippen molar-refractivity contribution in [3.63, 3.8) is 0 Å². The molecular formula is C18H35O3Ti-2. The van der Waals surface area contributed by atoms with Gasteiger partial charge in [-0.05, 0) is 0 Å². The van der Waals surface area contributed by atoms with Crippen LogP contribution in [0.15, 0.2) is 18.2 Å². The van der Waals surface area contributed by atoms with E-state index in [0.29, 0.717) is 0 Å². The Balaban J connectivity index is -0.0000000544. The summed E-state index contributed by atoms with van der Waals surface area (Å²) < 4.78 is 0. The van der Waals surface area contributed by atoms with Crippen molar-refractivity contribution in [2.75, 3.05) is 0 Å². The molecule has 0 aromatic rings. The summed E-state index contributed by atoms with van der Waals surface area (Å²) in [6, 6.07) is 0. The molecule has 0 saturated carbocycles. The van der Waals surface area contributed by atoms with Crippen molar-refractivity contribution in [3.8, 4) is 0 Å². The molecule has 0 N–H and O–H groups in total. The molecule has 0 unspecified atom stereocenters. The van der Waals surface area contributed by atoms with Gasteiger partial charge in [0.15, 0.2) is 0 Å². The zero-order valence-corrected chi connectivity index (χ0v) is 17.1. The van der Waals surface area contributed by atoms with Crippen LogP contribution in [0.1, 0.15) is 67.7 Å². The molecule has 0 heterocycles. The Kier molecular flexibility index (Phi) is 50.2. The SMILES string of the molecule is CC(C)[O-].CC(C)[O-].CC(C)[O-].[C-]1=CC=CC1.[CH2-]CCC.[Ti+3]. The molecule has 0 spiro atoms. The molecule has 0 aromatic heterocycles. The van der Waals surface area contributed by atoms with Gasteiger partial charge in [0, 0.05) is 0 Å². The summed E-state index contributed by atoms with van der Waals surface area (Å²) >= 11 is 0. The van der Waals surface area contributed by atoms with Crippen molar-refractivity contribution in [1.82, 2.24) is 0 Å². The first-order valence-corrected chi connectivity index (χ1v) is 7.60. The zero-order valence-electron chi connectivity index (χ0n) is 15.5. The van der Waals surface area contributed by atoms with Gasteiger partial charge in [-0.3, -0.25) is 6.08 Å². The van der Waals surface area contributed by atoms with Gasteiger partial charge in [-0.1, -0.05) is 54.9 Å². The van der Waals surface area contributed by atoms with Crippen molar-refractivity contribution in [1.29, 1.82) is 0 Å². The van der Waals surface area contributed by atoms with Crippen LogP contribution in [0, 0.1) is 13.0 Å². The minimum Gasteiger partial charge on any atom is -0.852 e. The van der Waals surface area contributed by atoms with E-state index >= 15 is 0 Å². The van der Waals surface area contributed by atoms with Gasteiger partial charge < -0.3 is 22.2 Å². The van der Waals surface area contributed by atoms with E-state index in [1.807, 2.05) is 12.2 Å². The first-order chi connectivity index (χ1) is 9.61. The standard InChI is InChI=1S/C5H5.C4H9.3C3H7O.Ti/c1-2-4-5-3-1;1-3-4-2;3*1-3(2)4;/h1-3H,4H2;1,3-4H2,2H3;3*3H,1-2H3;/q5*-1;+3. The zero-order chi connectivity index (χ0) is 17.7. The van der Waals surface area contributed by atoms with Crippen LogP contribution in [0.5, 0.6) is 0 Å². The van der Waals surface area contributed by atoms with Crippen LogP contribution in [-0.4, -0.2) is 18.3 Å². The molecule has 131 valence electrons. The Morgan fingerprint density at radius 1 is 0.955 bits per heavy atom. The normalized spacial score (nSPS) is 10.3. The van der Waals surface area contributed by atoms with Gasteiger partial charge in [0.25, 0.3) is 0 Å². The second kappa shape index (κ2) is 32.9. The predicted molar refractivity (Wildman–Crippen MR) is 87.2 cm³/mol. The van der Waals surface area contributed by atoms with Crippen molar-refractivity contribution >= 4 is 0 Å². The fourth-order valence-electron chi connectivity index (χ4n) is 0.340. The summed E-state index contributed by atoms with van der Waals surface area (Å²) in [6.07, 6.45) is 11.0. The summed E-state index contributed by atoms with van der Waals surface area (Å²) in [7, 11) is 0. The van der Waals surface area contributed by atoms with E-state index < -0.39 is 18.3 Å². The molecule has 1 radical (unpaired) electrons. The van der Waals surface area contributed by atoms with E-state index in [1.54, 1.807) is 41.5 Å². The third-order valence-corrected chi connectivity index (χ3v) is 0.939. The monoisotopic (exact) mass is 347 g/mol. The minimum atomic E-state index is -0.417. The van der Waals surface area contributed by atoms with Crippen LogP contribution in [-0.2, 0) is 21.7 Å². The first-order valence-electron chi connectivity index (χ1n) is 7.60. The van der Waals surface area contributed by atoms with Crippen LogP contribution in [0.3, 0.4) is 0 Å². The molecule has 0 amide bonds. The Bertz CT molecular complexity index is 166. The average molecular weight is 347 g/mol. The van der Waals surface area contributed by atoms with E-state index in [1.165, 1.54) is 6.42 Å². The molecule has 0 aliphatic heterocycles. The average Bonchev–Trinajstić information content (AvgIpc) is 2.84. The molecule has 0 saturated heterocycles. The van der Waals surface area contributed by atoms with Gasteiger partial charge in [0.2, 0.25) is 0 Å². The molecule has 0 aromatic carbocycles. The van der Waals surface area contributed by atoms with Gasteiger partial charge in [-0.15, -0.1) is 24.7 Å². The van der Waals surface area contributed by atoms with Gasteiger partial charge in [-0.2, -0.15) is 12.5 Å². The molecule has 1 aliphatic carbocycles. The second-order valence-corrected chi connectivity index (χ2v) is 5.00. The van der Waals surface area contributed by atoms with Gasteiger partial charge in [0.1, 0.15) is 0 Å². The van der Waals surface area contributed by atoms with Crippen LogP contribution < -0.4 is 15.3 Å². The Morgan fingerprint density at radius 2 is 1.23 bits per heavy atom. The Hall–Kier alpha value is 0.0743. The third-order valence-electron chi connectivity index (χ3n) is 0.939. The largest absolute Gasteiger partial charge is 3.00 e. The molecule has 1 rings (SSSR count). The molecule has 0 fully saturated rings. The van der Waals surface area contributed by atoms with E-state index in [2.05, 4.69) is 26.0 Å². The summed E-state index contributed by atoms with van der Waals surface area (Å²) in [5, 5.41) is 28.6. The first kappa shape index (κ1) is 33.6. The predicted octanol–water partition coefficient (Wildman–Crippen LogP) is 2.19. The number of allylic oxidation sites excluding steroid dienone is 4. The van der Waals surface area contributed by atoms with E-state index in [-0.39, 0.29) is 21.7 Å². The van der Waals surface area contributed by atoms with Gasteiger partial charge in [-0.25, -0.2) is 12.2 Å². The molecule has 4 heteroatoms. The summed E-state index contributed by atoms with van der Waals surface area (Å²) in [5.41, 5.74) is 0. The maximum atomic E-state index is 9.53. The van der Waals surface area contributed by atoms with Gasteiger partial charge >= 0.3 is 21.7 Å². The molecule has 0 atom stereocenters. The second-order valence-electron chi connectivity index (χ2n) is 5.00. The van der Waals surface area contributed by atoms with E-state index in [9.17, 15) is 15.3 Å². The van der Waals surface area contributed by atoms with Crippen LogP contribution in [0.25, 0.3) is 0 Å². The number of hydrogen-bond acceptors (Lipinski definition) is 3. The maximum Gasteiger partial charge on any atom is 3.00 e. The van der Waals surface area contributed by atoms with Crippen molar-refractivity contribution in [2.24, 2.45) is 0 Å². The Labute approximate surface area is 154 Å². The fourth-order valence-corrected chi connectivity index (χ4v) is 0.340. The van der Waals surface area contributed by atoms with E-state index in [0.717, 1.165) is 12.8 Å². The topological polar surface area (TPSA) is 69.2 Å². The van der Waals surface area contributed by atoms with Crippen molar-refractivity contribution in [3.05, 3.63) is 31.2 Å². The summed E-state index contributed by atoms with van der Waals surface area (Å²) in [5.74, 6) is 0. The molecule has 22 heavy (non-hydrogen) atoms. The van der Waals surface area contributed by atoms with E-state index in [4.69, 9.17) is 0 Å². The summed E-state index contributed by atoms with van der Waals surface area (Å²) in [4.78, 5) is 0. The molecular weight excluding hydrogens is 312 g/mol. The van der Waals surface area contributed by atoms with Crippen molar-refractivity contribution < 1.29 is 37.0 Å². The van der Waals surface area contributed by atoms with Gasteiger partial charge in [0.05, 0.1) is 0 Å². The number of unbranched alkanes of at least 4 members (excludes halogenated alkanes) is 1. The molecule has 3 nitrogen and oxygen atoms in total. The number of rotatable bonds is 1. The van der Waals surface area contributed by atoms with Crippen molar-refractivity contribution in [2.45, 2.75) is 86.0 Å². The quantitative estimate of drug-likeness (QED) is 0.539. The van der Waals surface area contributed by atoms with Crippen LogP contribution >= 0.6 is 0 Å². The van der Waals surface area contributed by atoms with Crippen LogP contribution in [0.4, 0.5) is 0 Å². The molecule has 1 aliphatic rings. The fraction of sp³-hybridized carbons (Fsp3) is 0.722. The maximum absolute atomic E-state index is 9.53. The molecule has 0 bridgehead atoms. The smallest absolute Gasteiger partial charge is 0.852 e. The van der Waals surface area contributed by atoms with Crippen LogP contribution in [0.2, 0.25) is 0 Å². The minimum absolute atomic E-state index is 0. The number of hydrogen-bond donors (Lipinski definition) is 0. The third kappa shape index (κ3) is 198. The Morgan fingerprint density at radius 3 is 1.27 bits per heavy atom. The summed E-state index contributed by atoms with van der Waals surface area (Å²) in [6.45, 7) is 15.4.